The lowest BCUT2D eigenvalue weighted by Gasteiger charge is -2.20. The van der Waals surface area contributed by atoms with Crippen LogP contribution in [0.2, 0.25) is 0 Å². The van der Waals surface area contributed by atoms with E-state index in [2.05, 4.69) is 13.8 Å². The zero-order valence-corrected chi connectivity index (χ0v) is 16.1. The Morgan fingerprint density at radius 1 is 0.880 bits per heavy atom. The van der Waals surface area contributed by atoms with Gasteiger partial charge in [-0.1, -0.05) is 77.3 Å². The molecule has 25 heavy (non-hydrogen) atoms. The standard InChI is InChI=1S/C22H36O3/c1-3-5-7-8-9-10-12-16-19(15-11-6-4-2)25-21-18-14-13-17-20(21)22(23)24/h13-14,17-19H,3-12,15-16H2,1-2H3,(H,23,24). The van der Waals surface area contributed by atoms with Gasteiger partial charge >= 0.3 is 5.97 Å². The number of benzene rings is 1. The molecule has 0 aliphatic heterocycles. The molecule has 1 unspecified atom stereocenters. The third-order valence-electron chi connectivity index (χ3n) is 4.67. The topological polar surface area (TPSA) is 46.5 Å². The zero-order valence-electron chi connectivity index (χ0n) is 16.1. The summed E-state index contributed by atoms with van der Waals surface area (Å²) in [5, 5.41) is 9.33. The summed E-state index contributed by atoms with van der Waals surface area (Å²) in [6.45, 7) is 4.44. The van der Waals surface area contributed by atoms with Crippen LogP contribution < -0.4 is 4.74 Å². The van der Waals surface area contributed by atoms with E-state index in [9.17, 15) is 9.90 Å². The van der Waals surface area contributed by atoms with Crippen molar-refractivity contribution in [1.82, 2.24) is 0 Å². The van der Waals surface area contributed by atoms with Gasteiger partial charge in [0.25, 0.3) is 0 Å². The van der Waals surface area contributed by atoms with Crippen LogP contribution in [0.4, 0.5) is 0 Å². The average molecular weight is 349 g/mol. The van der Waals surface area contributed by atoms with E-state index in [1.807, 2.05) is 6.07 Å². The Morgan fingerprint density at radius 2 is 1.40 bits per heavy atom. The van der Waals surface area contributed by atoms with Crippen molar-refractivity contribution < 1.29 is 14.6 Å². The first kappa shape index (κ1) is 21.5. The van der Waals surface area contributed by atoms with Gasteiger partial charge < -0.3 is 9.84 Å². The molecule has 1 N–H and O–H groups in total. The third-order valence-corrected chi connectivity index (χ3v) is 4.67. The van der Waals surface area contributed by atoms with Crippen molar-refractivity contribution in [2.75, 3.05) is 0 Å². The second-order valence-corrected chi connectivity index (χ2v) is 6.95. The molecule has 1 aromatic carbocycles. The highest BCUT2D eigenvalue weighted by molar-refractivity contribution is 5.90. The minimum atomic E-state index is -0.918. The number of unbranched alkanes of at least 4 members (excludes halogenated alkanes) is 8. The summed E-state index contributed by atoms with van der Waals surface area (Å²) >= 11 is 0. The zero-order chi connectivity index (χ0) is 18.3. The molecule has 0 aliphatic rings. The van der Waals surface area contributed by atoms with Crippen molar-refractivity contribution in [2.45, 2.75) is 97.0 Å². The minimum Gasteiger partial charge on any atom is -0.490 e. The van der Waals surface area contributed by atoms with Crippen LogP contribution in [0.3, 0.4) is 0 Å². The van der Waals surface area contributed by atoms with Gasteiger partial charge in [-0.25, -0.2) is 4.79 Å². The van der Waals surface area contributed by atoms with Gasteiger partial charge in [-0.3, -0.25) is 0 Å². The predicted molar refractivity (Wildman–Crippen MR) is 105 cm³/mol. The molecule has 3 nitrogen and oxygen atoms in total. The molecule has 142 valence electrons. The van der Waals surface area contributed by atoms with Gasteiger partial charge in [-0.05, 0) is 37.8 Å². The average Bonchev–Trinajstić information content (AvgIpc) is 2.61. The van der Waals surface area contributed by atoms with Crippen molar-refractivity contribution in [3.8, 4) is 5.75 Å². The number of rotatable bonds is 15. The number of carboxylic acid groups (broad SMARTS) is 1. The number of para-hydroxylation sites is 1. The highest BCUT2D eigenvalue weighted by Crippen LogP contribution is 2.23. The largest absolute Gasteiger partial charge is 0.490 e. The van der Waals surface area contributed by atoms with Crippen LogP contribution in [-0.4, -0.2) is 17.2 Å². The normalized spacial score (nSPS) is 12.1. The van der Waals surface area contributed by atoms with E-state index < -0.39 is 5.97 Å². The van der Waals surface area contributed by atoms with Crippen molar-refractivity contribution >= 4 is 5.97 Å². The van der Waals surface area contributed by atoms with Gasteiger partial charge in [0.05, 0.1) is 6.10 Å². The summed E-state index contributed by atoms with van der Waals surface area (Å²) in [5.74, 6) is -0.404. The molecule has 0 aliphatic carbocycles. The Balaban J connectivity index is 2.48. The Morgan fingerprint density at radius 3 is 2.04 bits per heavy atom. The molecule has 1 atom stereocenters. The molecular formula is C22H36O3. The van der Waals surface area contributed by atoms with Crippen LogP contribution >= 0.6 is 0 Å². The van der Waals surface area contributed by atoms with E-state index in [-0.39, 0.29) is 11.7 Å². The van der Waals surface area contributed by atoms with Crippen LogP contribution in [0.15, 0.2) is 24.3 Å². The van der Waals surface area contributed by atoms with Gasteiger partial charge in [-0.15, -0.1) is 0 Å². The molecule has 3 heteroatoms. The molecule has 1 rings (SSSR count). The van der Waals surface area contributed by atoms with Gasteiger partial charge in [0.1, 0.15) is 11.3 Å². The molecule has 0 amide bonds. The van der Waals surface area contributed by atoms with Crippen molar-refractivity contribution in [3.63, 3.8) is 0 Å². The second kappa shape index (κ2) is 13.7. The Labute approximate surface area is 153 Å². The first-order chi connectivity index (χ1) is 12.2. The van der Waals surface area contributed by atoms with E-state index in [4.69, 9.17) is 4.74 Å². The van der Waals surface area contributed by atoms with Crippen LogP contribution in [-0.2, 0) is 0 Å². The molecule has 0 fully saturated rings. The monoisotopic (exact) mass is 348 g/mol. The lowest BCUT2D eigenvalue weighted by atomic mass is 10.0. The first-order valence-electron chi connectivity index (χ1n) is 10.2. The smallest absolute Gasteiger partial charge is 0.339 e. The van der Waals surface area contributed by atoms with Crippen LogP contribution in [0, 0.1) is 0 Å². The van der Waals surface area contributed by atoms with Gasteiger partial charge in [0, 0.05) is 0 Å². The number of hydrogen-bond acceptors (Lipinski definition) is 2. The van der Waals surface area contributed by atoms with E-state index in [1.165, 1.54) is 51.4 Å². The molecule has 0 spiro atoms. The summed E-state index contributed by atoms with van der Waals surface area (Å²) in [6.07, 6.45) is 14.7. The number of carbonyl (C=O) groups is 1. The van der Waals surface area contributed by atoms with Gasteiger partial charge in [-0.2, -0.15) is 0 Å². The maximum Gasteiger partial charge on any atom is 0.339 e. The van der Waals surface area contributed by atoms with Crippen molar-refractivity contribution in [1.29, 1.82) is 0 Å². The fourth-order valence-electron chi connectivity index (χ4n) is 3.14. The summed E-state index contributed by atoms with van der Waals surface area (Å²) in [4.78, 5) is 11.4. The fourth-order valence-corrected chi connectivity index (χ4v) is 3.14. The number of ether oxygens (including phenoxy) is 1. The molecule has 0 heterocycles. The Kier molecular flexibility index (Phi) is 11.8. The predicted octanol–water partition coefficient (Wildman–Crippen LogP) is 6.85. The van der Waals surface area contributed by atoms with Crippen molar-refractivity contribution in [3.05, 3.63) is 29.8 Å². The number of hydrogen-bond donors (Lipinski definition) is 1. The number of carboxylic acids is 1. The van der Waals surface area contributed by atoms with Crippen LogP contribution in [0.5, 0.6) is 5.75 Å². The molecule has 0 aromatic heterocycles. The molecule has 1 aromatic rings. The highest BCUT2D eigenvalue weighted by atomic mass is 16.5. The number of aromatic carboxylic acids is 1. The minimum absolute atomic E-state index is 0.127. The summed E-state index contributed by atoms with van der Waals surface area (Å²) in [6, 6.07) is 6.99. The molecular weight excluding hydrogens is 312 g/mol. The summed E-state index contributed by atoms with van der Waals surface area (Å²) in [5.41, 5.74) is 0.266. The molecule has 0 saturated heterocycles. The van der Waals surface area contributed by atoms with Crippen LogP contribution in [0.25, 0.3) is 0 Å². The Bertz CT molecular complexity index is 470. The first-order valence-corrected chi connectivity index (χ1v) is 10.2. The highest BCUT2D eigenvalue weighted by Gasteiger charge is 2.15. The van der Waals surface area contributed by atoms with E-state index in [1.54, 1.807) is 18.2 Å². The van der Waals surface area contributed by atoms with Crippen LogP contribution in [0.1, 0.15) is 101 Å². The van der Waals surface area contributed by atoms with E-state index >= 15 is 0 Å². The summed E-state index contributed by atoms with van der Waals surface area (Å²) < 4.78 is 6.12. The fraction of sp³-hybridized carbons (Fsp3) is 0.682. The lowest BCUT2D eigenvalue weighted by Crippen LogP contribution is -2.18. The SMILES string of the molecule is CCCCCCCCCC(CCCCC)Oc1ccccc1C(=O)O. The summed E-state index contributed by atoms with van der Waals surface area (Å²) in [7, 11) is 0. The lowest BCUT2D eigenvalue weighted by molar-refractivity contribution is 0.0687. The maximum atomic E-state index is 11.4. The van der Waals surface area contributed by atoms with E-state index in [0.717, 1.165) is 25.7 Å². The van der Waals surface area contributed by atoms with Gasteiger partial charge in [0.2, 0.25) is 0 Å². The molecule has 0 saturated carbocycles. The van der Waals surface area contributed by atoms with Crippen molar-refractivity contribution in [2.24, 2.45) is 0 Å². The quantitative estimate of drug-likeness (QED) is 0.352. The third kappa shape index (κ3) is 9.52. The second-order valence-electron chi connectivity index (χ2n) is 6.95. The Hall–Kier alpha value is -1.51. The molecule has 0 bridgehead atoms. The molecule has 0 radical (unpaired) electrons. The maximum absolute atomic E-state index is 11.4. The van der Waals surface area contributed by atoms with E-state index in [0.29, 0.717) is 5.75 Å². The van der Waals surface area contributed by atoms with Gasteiger partial charge in [0.15, 0.2) is 0 Å².